The van der Waals surface area contributed by atoms with Gasteiger partial charge >= 0.3 is 5.97 Å². The smallest absolute Gasteiger partial charge is 0.357 e. The molecule has 0 fully saturated rings. The SMILES string of the molecule is CCOC(=O)c1cc2c(c(-c3ccccc3C=O)n1)c1ccccc1n2C. The lowest BCUT2D eigenvalue weighted by molar-refractivity contribution is 0.0519. The van der Waals surface area contributed by atoms with E-state index in [0.29, 0.717) is 16.8 Å². The van der Waals surface area contributed by atoms with Gasteiger partial charge in [-0.3, -0.25) is 4.79 Å². The highest BCUT2D eigenvalue weighted by atomic mass is 16.5. The van der Waals surface area contributed by atoms with Gasteiger partial charge in [-0.25, -0.2) is 9.78 Å². The quantitative estimate of drug-likeness (QED) is 0.401. The first-order valence-electron chi connectivity index (χ1n) is 8.75. The number of carbonyl (C=O) groups excluding carboxylic acids is 2. The number of aromatic nitrogens is 2. The molecule has 2 aromatic carbocycles. The van der Waals surface area contributed by atoms with Crippen LogP contribution in [-0.4, -0.2) is 28.4 Å². The molecule has 4 aromatic rings. The monoisotopic (exact) mass is 358 g/mol. The van der Waals surface area contributed by atoms with Crippen molar-refractivity contribution in [3.8, 4) is 11.3 Å². The number of hydrogen-bond donors (Lipinski definition) is 0. The first-order valence-corrected chi connectivity index (χ1v) is 8.75. The van der Waals surface area contributed by atoms with Crippen LogP contribution in [0, 0.1) is 0 Å². The molecule has 0 atom stereocenters. The van der Waals surface area contributed by atoms with E-state index in [1.165, 1.54) is 0 Å². The predicted molar refractivity (Wildman–Crippen MR) is 105 cm³/mol. The van der Waals surface area contributed by atoms with Gasteiger partial charge in [0.25, 0.3) is 0 Å². The molecule has 0 aliphatic rings. The maximum Gasteiger partial charge on any atom is 0.357 e. The Morgan fingerprint density at radius 1 is 1.11 bits per heavy atom. The molecule has 2 heterocycles. The Balaban J connectivity index is 2.16. The van der Waals surface area contributed by atoms with Gasteiger partial charge < -0.3 is 9.30 Å². The molecule has 134 valence electrons. The maximum absolute atomic E-state index is 12.4. The number of ether oxygens (including phenoxy) is 1. The van der Waals surface area contributed by atoms with Gasteiger partial charge in [-0.05, 0) is 19.1 Å². The number of aryl methyl sites for hydroxylation is 1. The Morgan fingerprint density at radius 2 is 1.85 bits per heavy atom. The van der Waals surface area contributed by atoms with Gasteiger partial charge in [-0.1, -0.05) is 42.5 Å². The molecule has 0 aliphatic heterocycles. The van der Waals surface area contributed by atoms with Gasteiger partial charge in [0, 0.05) is 34.5 Å². The molecule has 0 saturated carbocycles. The van der Waals surface area contributed by atoms with Crippen LogP contribution in [0.25, 0.3) is 33.1 Å². The summed E-state index contributed by atoms with van der Waals surface area (Å²) in [5.41, 5.74) is 3.95. The van der Waals surface area contributed by atoms with E-state index in [1.54, 1.807) is 19.1 Å². The van der Waals surface area contributed by atoms with Crippen LogP contribution in [0.4, 0.5) is 0 Å². The van der Waals surface area contributed by atoms with Crippen LogP contribution in [0.2, 0.25) is 0 Å². The summed E-state index contributed by atoms with van der Waals surface area (Å²) in [7, 11) is 1.95. The summed E-state index contributed by atoms with van der Waals surface area (Å²) in [5, 5.41) is 1.93. The molecule has 2 aromatic heterocycles. The second-order valence-electron chi connectivity index (χ2n) is 6.25. The van der Waals surface area contributed by atoms with Crippen LogP contribution < -0.4 is 0 Å². The fourth-order valence-corrected chi connectivity index (χ4v) is 3.49. The van der Waals surface area contributed by atoms with Gasteiger partial charge in [0.15, 0.2) is 12.0 Å². The summed E-state index contributed by atoms with van der Waals surface area (Å²) in [6, 6.07) is 17.0. The fraction of sp³-hybridized carbons (Fsp3) is 0.136. The van der Waals surface area contributed by atoms with Crippen molar-refractivity contribution in [3.63, 3.8) is 0 Å². The first-order chi connectivity index (χ1) is 13.2. The van der Waals surface area contributed by atoms with Gasteiger partial charge in [0.05, 0.1) is 17.8 Å². The van der Waals surface area contributed by atoms with Gasteiger partial charge in [-0.15, -0.1) is 0 Å². The molecule has 0 bridgehead atoms. The summed E-state index contributed by atoms with van der Waals surface area (Å²) in [6.07, 6.45) is 0.811. The van der Waals surface area contributed by atoms with Crippen molar-refractivity contribution in [2.45, 2.75) is 6.92 Å². The van der Waals surface area contributed by atoms with E-state index >= 15 is 0 Å². The number of benzene rings is 2. The zero-order chi connectivity index (χ0) is 19.0. The minimum Gasteiger partial charge on any atom is -0.461 e. The predicted octanol–water partition coefficient (Wildman–Crippen LogP) is 4.38. The van der Waals surface area contributed by atoms with Gasteiger partial charge in [0.1, 0.15) is 0 Å². The van der Waals surface area contributed by atoms with Crippen molar-refractivity contribution in [3.05, 3.63) is 65.9 Å². The van der Waals surface area contributed by atoms with Crippen LogP contribution in [-0.2, 0) is 11.8 Å². The standard InChI is InChI=1S/C22H18N2O3/c1-3-27-22(26)17-12-19-20(16-10-6-7-11-18(16)24(19)2)21(23-17)15-9-5-4-8-14(15)13-25/h4-13H,3H2,1-2H3. The fourth-order valence-electron chi connectivity index (χ4n) is 3.49. The highest BCUT2D eigenvalue weighted by molar-refractivity contribution is 6.15. The van der Waals surface area contributed by atoms with E-state index in [2.05, 4.69) is 4.98 Å². The summed E-state index contributed by atoms with van der Waals surface area (Å²) in [6.45, 7) is 2.03. The Kier molecular flexibility index (Phi) is 4.20. The summed E-state index contributed by atoms with van der Waals surface area (Å²) in [4.78, 5) is 28.6. The summed E-state index contributed by atoms with van der Waals surface area (Å²) >= 11 is 0. The largest absolute Gasteiger partial charge is 0.461 e. The third-order valence-corrected chi connectivity index (χ3v) is 4.72. The average Bonchev–Trinajstić information content (AvgIpc) is 3.00. The van der Waals surface area contributed by atoms with E-state index < -0.39 is 5.97 Å². The number of pyridine rings is 1. The third kappa shape index (κ3) is 2.68. The van der Waals surface area contributed by atoms with Crippen molar-refractivity contribution in [2.24, 2.45) is 7.05 Å². The van der Waals surface area contributed by atoms with Crippen LogP contribution in [0.3, 0.4) is 0 Å². The Labute approximate surface area is 156 Å². The molecule has 0 unspecified atom stereocenters. The van der Waals surface area contributed by atoms with Gasteiger partial charge in [0.2, 0.25) is 0 Å². The Hall–Kier alpha value is -3.47. The van der Waals surface area contributed by atoms with E-state index in [0.717, 1.165) is 28.1 Å². The number of aldehydes is 1. The highest BCUT2D eigenvalue weighted by Crippen LogP contribution is 2.36. The second kappa shape index (κ2) is 6.68. The minimum atomic E-state index is -0.477. The van der Waals surface area contributed by atoms with Crippen molar-refractivity contribution in [1.82, 2.24) is 9.55 Å². The molecule has 5 heteroatoms. The van der Waals surface area contributed by atoms with Crippen molar-refractivity contribution < 1.29 is 14.3 Å². The van der Waals surface area contributed by atoms with Crippen molar-refractivity contribution in [2.75, 3.05) is 6.61 Å². The molecule has 0 radical (unpaired) electrons. The number of nitrogens with zero attached hydrogens (tertiary/aromatic N) is 2. The molecule has 5 nitrogen and oxygen atoms in total. The summed E-state index contributed by atoms with van der Waals surface area (Å²) < 4.78 is 7.19. The van der Waals surface area contributed by atoms with Crippen molar-refractivity contribution in [1.29, 1.82) is 0 Å². The van der Waals surface area contributed by atoms with E-state index in [4.69, 9.17) is 4.74 Å². The van der Waals surface area contributed by atoms with Crippen molar-refractivity contribution >= 4 is 34.1 Å². The van der Waals surface area contributed by atoms with Crippen LogP contribution in [0.15, 0.2) is 54.6 Å². The second-order valence-corrected chi connectivity index (χ2v) is 6.25. The Morgan fingerprint density at radius 3 is 2.63 bits per heavy atom. The van der Waals surface area contributed by atoms with Gasteiger partial charge in [-0.2, -0.15) is 0 Å². The van der Waals surface area contributed by atoms with E-state index in [9.17, 15) is 9.59 Å². The average molecular weight is 358 g/mol. The lowest BCUT2D eigenvalue weighted by Crippen LogP contribution is -2.08. The zero-order valence-corrected chi connectivity index (χ0v) is 15.1. The molecule has 0 aliphatic carbocycles. The number of esters is 1. The number of para-hydroxylation sites is 1. The lowest BCUT2D eigenvalue weighted by Gasteiger charge is -2.10. The minimum absolute atomic E-state index is 0.228. The molecule has 4 rings (SSSR count). The first kappa shape index (κ1) is 17.0. The normalized spacial score (nSPS) is 11.0. The maximum atomic E-state index is 12.4. The van der Waals surface area contributed by atoms with Crippen LogP contribution in [0.5, 0.6) is 0 Å². The Bertz CT molecular complexity index is 1190. The van der Waals surface area contributed by atoms with Crippen LogP contribution in [0.1, 0.15) is 27.8 Å². The highest BCUT2D eigenvalue weighted by Gasteiger charge is 2.20. The third-order valence-electron chi connectivity index (χ3n) is 4.72. The molecular formula is C22H18N2O3. The zero-order valence-electron chi connectivity index (χ0n) is 15.1. The summed E-state index contributed by atoms with van der Waals surface area (Å²) in [5.74, 6) is -0.477. The van der Waals surface area contributed by atoms with E-state index in [-0.39, 0.29) is 12.3 Å². The number of hydrogen-bond acceptors (Lipinski definition) is 4. The number of carbonyl (C=O) groups is 2. The molecule has 0 saturated heterocycles. The molecule has 27 heavy (non-hydrogen) atoms. The lowest BCUT2D eigenvalue weighted by atomic mass is 10.00. The van der Waals surface area contributed by atoms with E-state index in [1.807, 2.05) is 54.1 Å². The topological polar surface area (TPSA) is 61.2 Å². The van der Waals surface area contributed by atoms with Crippen LogP contribution >= 0.6 is 0 Å². The molecule has 0 amide bonds. The molecule has 0 N–H and O–H groups in total. The molecule has 0 spiro atoms. The molecular weight excluding hydrogens is 340 g/mol. The number of fused-ring (bicyclic) bond motifs is 3. The number of rotatable bonds is 4.